The van der Waals surface area contributed by atoms with Crippen LogP contribution in [0.2, 0.25) is 0 Å². The molecular formula is C48H37N3O. The number of rotatable bonds is 4. The maximum Gasteiger partial charge on any atom is 0.263 e. The van der Waals surface area contributed by atoms with Crippen molar-refractivity contribution >= 4 is 49.1 Å². The zero-order valence-corrected chi connectivity index (χ0v) is 29.8. The third-order valence-electron chi connectivity index (χ3n) is 11.9. The van der Waals surface area contributed by atoms with Gasteiger partial charge in [-0.3, -0.25) is 13.9 Å². The Hall–Kier alpha value is -6.26. The SMILES string of the molecule is C=CC1=C(C=C)C(C)(C)c2cc3c(cc21)c1cc2c(cc1n3-c1cc3c(cn1)c1ccccc1c(=O)n3-c1ccccc1)C(C)(C)c1ccccc1-2. The van der Waals surface area contributed by atoms with Crippen LogP contribution >= 0.6 is 0 Å². The molecular weight excluding hydrogens is 635 g/mol. The van der Waals surface area contributed by atoms with E-state index in [9.17, 15) is 4.79 Å². The van der Waals surface area contributed by atoms with Crippen LogP contribution < -0.4 is 5.56 Å². The number of hydrogen-bond acceptors (Lipinski definition) is 2. The minimum atomic E-state index is -0.262. The summed E-state index contributed by atoms with van der Waals surface area (Å²) in [7, 11) is 0. The van der Waals surface area contributed by atoms with Crippen LogP contribution in [0.25, 0.3) is 71.7 Å². The van der Waals surface area contributed by atoms with Crippen LogP contribution in [0.5, 0.6) is 0 Å². The molecule has 0 unspecified atom stereocenters. The van der Waals surface area contributed by atoms with Gasteiger partial charge in [-0.1, -0.05) is 114 Å². The first-order valence-corrected chi connectivity index (χ1v) is 17.9. The van der Waals surface area contributed by atoms with E-state index < -0.39 is 0 Å². The predicted molar refractivity (Wildman–Crippen MR) is 217 cm³/mol. The normalized spacial score (nSPS) is 15.4. The fraction of sp³-hybridized carbons (Fsp3) is 0.125. The average molecular weight is 672 g/mol. The van der Waals surface area contributed by atoms with Gasteiger partial charge in [-0.15, -0.1) is 0 Å². The van der Waals surface area contributed by atoms with Gasteiger partial charge >= 0.3 is 0 Å². The highest BCUT2D eigenvalue weighted by Crippen LogP contribution is 2.53. The second-order valence-electron chi connectivity index (χ2n) is 15.3. The van der Waals surface area contributed by atoms with Crippen molar-refractivity contribution in [1.82, 2.24) is 14.1 Å². The Kier molecular flexibility index (Phi) is 6.11. The van der Waals surface area contributed by atoms with Gasteiger partial charge in [0, 0.05) is 50.3 Å². The molecule has 0 bridgehead atoms. The number of allylic oxidation sites excluding steroid dienone is 4. The maximum absolute atomic E-state index is 14.3. The molecule has 4 heteroatoms. The molecule has 250 valence electrons. The smallest absolute Gasteiger partial charge is 0.263 e. The zero-order valence-electron chi connectivity index (χ0n) is 29.8. The molecule has 0 fully saturated rings. The van der Waals surface area contributed by atoms with E-state index in [0.29, 0.717) is 5.39 Å². The number of hydrogen-bond donors (Lipinski definition) is 0. The fourth-order valence-electron chi connectivity index (χ4n) is 9.37. The molecule has 0 radical (unpaired) electrons. The van der Waals surface area contributed by atoms with E-state index in [1.807, 2.05) is 77.5 Å². The second-order valence-corrected chi connectivity index (χ2v) is 15.3. The summed E-state index contributed by atoms with van der Waals surface area (Å²) in [5.41, 5.74) is 13.3. The summed E-state index contributed by atoms with van der Waals surface area (Å²) in [6, 6.07) is 38.1. The zero-order chi connectivity index (χ0) is 35.7. The first-order valence-electron chi connectivity index (χ1n) is 17.9. The molecule has 5 aromatic carbocycles. The van der Waals surface area contributed by atoms with E-state index in [4.69, 9.17) is 4.98 Å². The van der Waals surface area contributed by atoms with Crippen LogP contribution in [0.3, 0.4) is 0 Å². The van der Waals surface area contributed by atoms with Crippen LogP contribution in [-0.4, -0.2) is 14.1 Å². The van der Waals surface area contributed by atoms with E-state index >= 15 is 0 Å². The van der Waals surface area contributed by atoms with Gasteiger partial charge in [0.1, 0.15) is 5.82 Å². The minimum absolute atomic E-state index is 0.0504. The highest BCUT2D eigenvalue weighted by atomic mass is 16.1. The Morgan fingerprint density at radius 1 is 0.558 bits per heavy atom. The Morgan fingerprint density at radius 2 is 1.17 bits per heavy atom. The molecule has 52 heavy (non-hydrogen) atoms. The lowest BCUT2D eigenvalue weighted by Crippen LogP contribution is -2.19. The van der Waals surface area contributed by atoms with Crippen LogP contribution in [0, 0.1) is 0 Å². The van der Waals surface area contributed by atoms with Crippen molar-refractivity contribution < 1.29 is 0 Å². The van der Waals surface area contributed by atoms with Crippen molar-refractivity contribution in [3.8, 4) is 22.6 Å². The van der Waals surface area contributed by atoms with E-state index in [-0.39, 0.29) is 16.4 Å². The van der Waals surface area contributed by atoms with Crippen molar-refractivity contribution in [1.29, 1.82) is 0 Å². The molecule has 0 saturated carbocycles. The number of benzene rings is 5. The molecule has 2 aliphatic carbocycles. The van der Waals surface area contributed by atoms with Crippen LogP contribution in [0.1, 0.15) is 49.9 Å². The molecule has 0 N–H and O–H groups in total. The minimum Gasteiger partial charge on any atom is -0.294 e. The molecule has 10 rings (SSSR count). The van der Waals surface area contributed by atoms with Crippen LogP contribution in [-0.2, 0) is 10.8 Å². The third kappa shape index (κ3) is 3.81. The summed E-state index contributed by atoms with van der Waals surface area (Å²) in [6.07, 6.45) is 5.91. The van der Waals surface area contributed by atoms with Crippen LogP contribution in [0.15, 0.2) is 151 Å². The van der Waals surface area contributed by atoms with Gasteiger partial charge in [-0.05, 0) is 92.4 Å². The lowest BCUT2D eigenvalue weighted by Gasteiger charge is -2.23. The van der Waals surface area contributed by atoms with Gasteiger partial charge < -0.3 is 0 Å². The number of pyridine rings is 2. The van der Waals surface area contributed by atoms with Gasteiger partial charge in [0.15, 0.2) is 0 Å². The van der Waals surface area contributed by atoms with Gasteiger partial charge in [0.25, 0.3) is 5.56 Å². The Bertz CT molecular complexity index is 3000. The van der Waals surface area contributed by atoms with Gasteiger partial charge in [0.05, 0.1) is 16.6 Å². The first kappa shape index (κ1) is 30.6. The van der Waals surface area contributed by atoms with Crippen molar-refractivity contribution in [3.05, 3.63) is 179 Å². The summed E-state index contributed by atoms with van der Waals surface area (Å²) in [5, 5.41) is 4.81. The van der Waals surface area contributed by atoms with E-state index in [0.717, 1.165) is 55.2 Å². The largest absolute Gasteiger partial charge is 0.294 e. The molecule has 2 aliphatic rings. The lowest BCUT2D eigenvalue weighted by molar-refractivity contribution is 0.655. The molecule has 3 heterocycles. The molecule has 0 atom stereocenters. The van der Waals surface area contributed by atoms with E-state index in [1.54, 1.807) is 0 Å². The van der Waals surface area contributed by atoms with Crippen molar-refractivity contribution in [3.63, 3.8) is 0 Å². The monoisotopic (exact) mass is 671 g/mol. The van der Waals surface area contributed by atoms with Crippen molar-refractivity contribution in [2.45, 2.75) is 38.5 Å². The number of para-hydroxylation sites is 1. The molecule has 8 aromatic rings. The van der Waals surface area contributed by atoms with Gasteiger partial charge in [0.2, 0.25) is 0 Å². The average Bonchev–Trinajstić information content (AvgIpc) is 3.68. The Labute approximate surface area is 302 Å². The molecule has 0 saturated heterocycles. The Morgan fingerprint density at radius 3 is 1.88 bits per heavy atom. The quantitative estimate of drug-likeness (QED) is 0.175. The standard InChI is InChI=1S/C48H37N3O/c1-7-29-33-22-35-36-23-34-31-19-14-15-21-39(31)48(5,6)41(34)25-43(36)51(42(35)24-40(33)47(3,4)38(29)8-2)45-26-44-37(27-49-45)30-18-12-13-20-32(30)46(52)50(44)28-16-10-9-11-17-28/h7-27H,1-2H2,3-6H3. The van der Waals surface area contributed by atoms with Gasteiger partial charge in [-0.2, -0.15) is 0 Å². The highest BCUT2D eigenvalue weighted by molar-refractivity contribution is 6.14. The number of fused-ring (bicyclic) bond motifs is 10. The summed E-state index contributed by atoms with van der Waals surface area (Å²) in [6.45, 7) is 17.6. The summed E-state index contributed by atoms with van der Waals surface area (Å²) in [4.78, 5) is 19.5. The number of aromatic nitrogens is 3. The Balaban J connectivity index is 1.36. The maximum atomic E-state index is 14.3. The van der Waals surface area contributed by atoms with Crippen molar-refractivity contribution in [2.24, 2.45) is 0 Å². The first-order chi connectivity index (χ1) is 25.1. The molecule has 0 amide bonds. The number of nitrogens with zero attached hydrogens (tertiary/aromatic N) is 3. The summed E-state index contributed by atoms with van der Waals surface area (Å²) >= 11 is 0. The van der Waals surface area contributed by atoms with Crippen LogP contribution in [0.4, 0.5) is 0 Å². The van der Waals surface area contributed by atoms with Crippen molar-refractivity contribution in [2.75, 3.05) is 0 Å². The lowest BCUT2D eigenvalue weighted by atomic mass is 9.81. The molecule has 4 nitrogen and oxygen atoms in total. The van der Waals surface area contributed by atoms with Gasteiger partial charge in [-0.25, -0.2) is 4.98 Å². The third-order valence-corrected chi connectivity index (χ3v) is 11.9. The topological polar surface area (TPSA) is 39.8 Å². The predicted octanol–water partition coefficient (Wildman–Crippen LogP) is 11.4. The van der Waals surface area contributed by atoms with E-state index in [2.05, 4.69) is 100 Å². The second kappa shape index (κ2) is 10.4. The molecule has 3 aromatic heterocycles. The summed E-state index contributed by atoms with van der Waals surface area (Å²) in [5.74, 6) is 0.761. The summed E-state index contributed by atoms with van der Waals surface area (Å²) < 4.78 is 4.15. The van der Waals surface area contributed by atoms with E-state index in [1.165, 1.54) is 39.0 Å². The molecule has 0 spiro atoms. The molecule has 0 aliphatic heterocycles. The highest BCUT2D eigenvalue weighted by Gasteiger charge is 2.38. The fourth-order valence-corrected chi connectivity index (χ4v) is 9.37.